The molecular weight excluding hydrogens is 436 g/mol. The summed E-state index contributed by atoms with van der Waals surface area (Å²) in [5.74, 6) is -1.10. The summed E-state index contributed by atoms with van der Waals surface area (Å²) < 4.78 is 28.4. The van der Waals surface area contributed by atoms with Crippen LogP contribution in [0, 0.1) is 13.8 Å². The number of sulfonamides is 1. The molecule has 3 aromatic rings. The summed E-state index contributed by atoms with van der Waals surface area (Å²) in [7, 11) is -3.85. The zero-order chi connectivity index (χ0) is 24.0. The fourth-order valence-corrected chi connectivity index (χ4v) is 5.02. The average Bonchev–Trinajstić information content (AvgIpc) is 2.76. The zero-order valence-electron chi connectivity index (χ0n) is 19.2. The first kappa shape index (κ1) is 24.3. The van der Waals surface area contributed by atoms with Crippen LogP contribution in [-0.4, -0.2) is 26.0 Å². The monoisotopic (exact) mass is 466 g/mol. The Morgan fingerprint density at radius 1 is 0.970 bits per heavy atom. The fraction of sp³-hybridized carbons (Fsp3) is 0.269. The van der Waals surface area contributed by atoms with E-state index in [0.29, 0.717) is 18.8 Å². The number of aryl methyl sites for hydroxylation is 2. The highest BCUT2D eigenvalue weighted by atomic mass is 32.2. The van der Waals surface area contributed by atoms with Gasteiger partial charge in [0.2, 0.25) is 0 Å². The van der Waals surface area contributed by atoms with E-state index in [-0.39, 0.29) is 16.1 Å². The van der Waals surface area contributed by atoms with Gasteiger partial charge in [-0.15, -0.1) is 0 Å². The van der Waals surface area contributed by atoms with Gasteiger partial charge in [-0.05, 0) is 67.3 Å². The molecule has 174 valence electrons. The number of nitrogens with zero attached hydrogens (tertiary/aromatic N) is 1. The Bertz CT molecular complexity index is 1200. The van der Waals surface area contributed by atoms with Crippen molar-refractivity contribution in [3.63, 3.8) is 0 Å². The molecule has 7 heteroatoms. The highest BCUT2D eigenvalue weighted by Gasteiger charge is 2.20. The lowest BCUT2D eigenvalue weighted by Crippen LogP contribution is -2.26. The van der Waals surface area contributed by atoms with Gasteiger partial charge in [-0.1, -0.05) is 49.7 Å². The topological polar surface area (TPSA) is 86.7 Å². The van der Waals surface area contributed by atoms with Gasteiger partial charge in [0.1, 0.15) is 0 Å². The molecule has 0 aliphatic heterocycles. The molecule has 3 rings (SSSR count). The van der Waals surface area contributed by atoms with E-state index in [1.165, 1.54) is 6.07 Å². The first-order valence-corrected chi connectivity index (χ1v) is 12.4. The van der Waals surface area contributed by atoms with E-state index in [1.54, 1.807) is 24.3 Å². The van der Waals surface area contributed by atoms with Crippen molar-refractivity contribution in [2.75, 3.05) is 16.2 Å². The minimum absolute atomic E-state index is 0.0580. The second-order valence-electron chi connectivity index (χ2n) is 8.23. The molecular formula is C26H30N2O4S. The molecule has 33 heavy (non-hydrogen) atoms. The van der Waals surface area contributed by atoms with Crippen molar-refractivity contribution in [1.29, 1.82) is 0 Å². The minimum Gasteiger partial charge on any atom is -0.478 e. The lowest BCUT2D eigenvalue weighted by Gasteiger charge is -2.27. The van der Waals surface area contributed by atoms with Crippen LogP contribution in [-0.2, 0) is 16.6 Å². The van der Waals surface area contributed by atoms with Crippen molar-refractivity contribution in [3.05, 3.63) is 89.0 Å². The van der Waals surface area contributed by atoms with Gasteiger partial charge in [0.25, 0.3) is 10.0 Å². The van der Waals surface area contributed by atoms with Crippen LogP contribution in [0.4, 0.5) is 11.4 Å². The number of carboxylic acids is 1. The molecule has 0 atom stereocenters. The molecule has 0 spiro atoms. The SMILES string of the molecule is CCCCN(Cc1ccccc1)c1ccc(NS(=O)(=O)c2cc(C)cc(C)c2)cc1C(=O)O. The van der Waals surface area contributed by atoms with Gasteiger partial charge in [-0.25, -0.2) is 13.2 Å². The van der Waals surface area contributed by atoms with Crippen LogP contribution in [0.2, 0.25) is 0 Å². The lowest BCUT2D eigenvalue weighted by molar-refractivity contribution is 0.0697. The number of carboxylic acid groups (broad SMARTS) is 1. The zero-order valence-corrected chi connectivity index (χ0v) is 20.0. The average molecular weight is 467 g/mol. The van der Waals surface area contributed by atoms with E-state index < -0.39 is 16.0 Å². The molecule has 0 saturated carbocycles. The second kappa shape index (κ2) is 10.5. The third-order valence-corrected chi connectivity index (χ3v) is 6.68. The molecule has 0 aliphatic rings. The number of benzene rings is 3. The first-order valence-electron chi connectivity index (χ1n) is 11.0. The molecule has 2 N–H and O–H groups in total. The second-order valence-corrected chi connectivity index (χ2v) is 9.91. The largest absolute Gasteiger partial charge is 0.478 e. The Balaban J connectivity index is 1.95. The third kappa shape index (κ3) is 6.35. The molecule has 0 radical (unpaired) electrons. The maximum atomic E-state index is 12.9. The summed E-state index contributed by atoms with van der Waals surface area (Å²) in [6.07, 6.45) is 1.88. The normalized spacial score (nSPS) is 11.2. The number of hydrogen-bond donors (Lipinski definition) is 2. The number of hydrogen-bond acceptors (Lipinski definition) is 4. The van der Waals surface area contributed by atoms with E-state index in [9.17, 15) is 18.3 Å². The molecule has 0 unspecified atom stereocenters. The minimum atomic E-state index is -3.85. The van der Waals surface area contributed by atoms with Gasteiger partial charge < -0.3 is 10.0 Å². The summed E-state index contributed by atoms with van der Waals surface area (Å²) in [4.78, 5) is 14.3. The highest BCUT2D eigenvalue weighted by Crippen LogP contribution is 2.28. The van der Waals surface area contributed by atoms with Gasteiger partial charge in [0, 0.05) is 18.8 Å². The van der Waals surface area contributed by atoms with Crippen molar-refractivity contribution >= 4 is 27.4 Å². The number of nitrogens with one attached hydrogen (secondary N) is 1. The van der Waals surface area contributed by atoms with Crippen molar-refractivity contribution in [2.24, 2.45) is 0 Å². The molecule has 0 bridgehead atoms. The van der Waals surface area contributed by atoms with E-state index in [1.807, 2.05) is 55.1 Å². The molecule has 6 nitrogen and oxygen atoms in total. The van der Waals surface area contributed by atoms with Gasteiger partial charge in [0.05, 0.1) is 16.1 Å². The van der Waals surface area contributed by atoms with Crippen LogP contribution >= 0.6 is 0 Å². The summed E-state index contributed by atoms with van der Waals surface area (Å²) in [5, 5.41) is 9.91. The summed E-state index contributed by atoms with van der Waals surface area (Å²) in [6.45, 7) is 7.01. The number of rotatable bonds is 10. The lowest BCUT2D eigenvalue weighted by atomic mass is 10.1. The molecule has 0 aliphatic carbocycles. The predicted octanol–water partition coefficient (Wildman–Crippen LogP) is 5.61. The Labute approximate surface area is 195 Å². The molecule has 0 aromatic heterocycles. The quantitative estimate of drug-likeness (QED) is 0.406. The molecule has 0 fully saturated rings. The Kier molecular flexibility index (Phi) is 7.76. The summed E-state index contributed by atoms with van der Waals surface area (Å²) in [5.41, 5.74) is 3.58. The standard InChI is InChI=1S/C26H30N2O4S/c1-4-5-13-28(18-21-9-7-6-8-10-21)25-12-11-22(17-24(25)26(29)30)27-33(31,32)23-15-19(2)14-20(3)16-23/h6-12,14-17,27H,4-5,13,18H2,1-3H3,(H,29,30). The van der Waals surface area contributed by atoms with E-state index in [2.05, 4.69) is 11.6 Å². The van der Waals surface area contributed by atoms with Crippen LogP contribution in [0.3, 0.4) is 0 Å². The van der Waals surface area contributed by atoms with E-state index >= 15 is 0 Å². The fourth-order valence-electron chi connectivity index (χ4n) is 3.79. The number of aromatic carboxylic acids is 1. The number of unbranched alkanes of at least 4 members (excludes halogenated alkanes) is 1. The number of anilines is 2. The van der Waals surface area contributed by atoms with Gasteiger partial charge in [0.15, 0.2) is 0 Å². The molecule has 0 heterocycles. The molecule has 3 aromatic carbocycles. The van der Waals surface area contributed by atoms with Crippen LogP contribution in [0.25, 0.3) is 0 Å². The Hall–Kier alpha value is -3.32. The van der Waals surface area contributed by atoms with Crippen molar-refractivity contribution in [2.45, 2.75) is 45.1 Å². The summed E-state index contributed by atoms with van der Waals surface area (Å²) >= 11 is 0. The van der Waals surface area contributed by atoms with Crippen LogP contribution in [0.15, 0.2) is 71.6 Å². The third-order valence-electron chi connectivity index (χ3n) is 5.32. The van der Waals surface area contributed by atoms with Crippen LogP contribution in [0.5, 0.6) is 0 Å². The van der Waals surface area contributed by atoms with Crippen LogP contribution < -0.4 is 9.62 Å². The first-order chi connectivity index (χ1) is 15.7. The predicted molar refractivity (Wildman–Crippen MR) is 133 cm³/mol. The van der Waals surface area contributed by atoms with Gasteiger partial charge in [-0.2, -0.15) is 0 Å². The van der Waals surface area contributed by atoms with E-state index in [4.69, 9.17) is 0 Å². The molecule has 0 saturated heterocycles. The van der Waals surface area contributed by atoms with E-state index in [0.717, 1.165) is 29.5 Å². The maximum absolute atomic E-state index is 12.9. The highest BCUT2D eigenvalue weighted by molar-refractivity contribution is 7.92. The Morgan fingerprint density at radius 2 is 1.64 bits per heavy atom. The van der Waals surface area contributed by atoms with Crippen molar-refractivity contribution < 1.29 is 18.3 Å². The summed E-state index contributed by atoms with van der Waals surface area (Å²) in [6, 6.07) is 19.6. The van der Waals surface area contributed by atoms with Gasteiger partial charge in [-0.3, -0.25) is 4.72 Å². The van der Waals surface area contributed by atoms with Crippen LogP contribution in [0.1, 0.15) is 46.8 Å². The number of carbonyl (C=O) groups is 1. The Morgan fingerprint density at radius 3 is 2.24 bits per heavy atom. The smallest absolute Gasteiger partial charge is 0.337 e. The van der Waals surface area contributed by atoms with Crippen molar-refractivity contribution in [3.8, 4) is 0 Å². The van der Waals surface area contributed by atoms with Gasteiger partial charge >= 0.3 is 5.97 Å². The molecule has 0 amide bonds. The maximum Gasteiger partial charge on any atom is 0.337 e. The van der Waals surface area contributed by atoms with Crippen molar-refractivity contribution in [1.82, 2.24) is 0 Å².